The molecule has 2 heterocycles. The first-order chi connectivity index (χ1) is 10.3. The molecule has 0 amide bonds. The van der Waals surface area contributed by atoms with Crippen molar-refractivity contribution in [1.82, 2.24) is 4.57 Å². The third-order valence-corrected chi connectivity index (χ3v) is 4.05. The fourth-order valence-electron chi connectivity index (χ4n) is 2.04. The van der Waals surface area contributed by atoms with Crippen molar-refractivity contribution in [2.45, 2.75) is 13.8 Å². The Morgan fingerprint density at radius 2 is 2.05 bits per heavy atom. The van der Waals surface area contributed by atoms with Gasteiger partial charge in [0.05, 0.1) is 11.1 Å². The largest absolute Gasteiger partial charge is 0.453 e. The Kier molecular flexibility index (Phi) is 4.41. The van der Waals surface area contributed by atoms with Gasteiger partial charge in [-0.15, -0.1) is 11.3 Å². The fourth-order valence-corrected chi connectivity index (χ4v) is 2.98. The summed E-state index contributed by atoms with van der Waals surface area (Å²) in [7, 11) is 1.50. The molecule has 7 nitrogen and oxygen atoms in total. The van der Waals surface area contributed by atoms with Crippen LogP contribution in [0, 0.1) is 24.0 Å². The highest BCUT2D eigenvalue weighted by Crippen LogP contribution is 2.21. The first-order valence-corrected chi connectivity index (χ1v) is 7.19. The van der Waals surface area contributed by atoms with Crippen LogP contribution in [0.2, 0.25) is 0 Å². The molecule has 8 heteroatoms. The number of nitrogens with zero attached hydrogens (tertiary/aromatic N) is 2. The molecule has 0 unspecified atom stereocenters. The lowest BCUT2D eigenvalue weighted by atomic mass is 10.2. The van der Waals surface area contributed by atoms with Gasteiger partial charge in [0.15, 0.2) is 6.61 Å². The molecule has 2 rings (SSSR count). The summed E-state index contributed by atoms with van der Waals surface area (Å²) < 4.78 is 6.25. The van der Waals surface area contributed by atoms with Crippen LogP contribution in [-0.4, -0.2) is 27.8 Å². The summed E-state index contributed by atoms with van der Waals surface area (Å²) in [6.07, 6.45) is 1.21. The van der Waals surface area contributed by atoms with E-state index in [1.807, 2.05) is 13.8 Å². The van der Waals surface area contributed by atoms with Crippen molar-refractivity contribution in [2.75, 3.05) is 6.61 Å². The zero-order valence-electron chi connectivity index (χ0n) is 12.3. The molecule has 0 saturated heterocycles. The number of carbonyl (C=O) groups is 2. The highest BCUT2D eigenvalue weighted by atomic mass is 32.1. The molecule has 0 atom stereocenters. The molecule has 0 bridgehead atoms. The molecule has 2 aromatic heterocycles. The smallest absolute Gasteiger partial charge is 0.355 e. The number of hydrogen-bond donors (Lipinski definition) is 0. The van der Waals surface area contributed by atoms with Crippen molar-refractivity contribution in [1.29, 1.82) is 0 Å². The summed E-state index contributed by atoms with van der Waals surface area (Å²) in [6, 6.07) is 2.87. The highest BCUT2D eigenvalue weighted by Gasteiger charge is 2.20. The number of carbonyl (C=O) groups excluding carboxylic acids is 2. The highest BCUT2D eigenvalue weighted by molar-refractivity contribution is 7.12. The van der Waals surface area contributed by atoms with E-state index in [1.54, 1.807) is 6.07 Å². The Morgan fingerprint density at radius 1 is 1.36 bits per heavy atom. The van der Waals surface area contributed by atoms with Gasteiger partial charge in [0.1, 0.15) is 5.69 Å². The van der Waals surface area contributed by atoms with Crippen LogP contribution < -0.4 is 0 Å². The number of aryl methyl sites for hydroxylation is 3. The average molecular weight is 322 g/mol. The summed E-state index contributed by atoms with van der Waals surface area (Å²) in [4.78, 5) is 35.9. The predicted molar refractivity (Wildman–Crippen MR) is 80.5 cm³/mol. The van der Waals surface area contributed by atoms with E-state index < -0.39 is 17.5 Å². The van der Waals surface area contributed by atoms with Gasteiger partial charge in [-0.1, -0.05) is 0 Å². The second kappa shape index (κ2) is 6.10. The van der Waals surface area contributed by atoms with Crippen molar-refractivity contribution in [3.05, 3.63) is 49.5 Å². The molecule has 0 saturated carbocycles. The van der Waals surface area contributed by atoms with Gasteiger partial charge in [-0.25, -0.2) is 4.79 Å². The van der Waals surface area contributed by atoms with Gasteiger partial charge in [-0.05, 0) is 19.9 Å². The van der Waals surface area contributed by atoms with Gasteiger partial charge in [0, 0.05) is 28.4 Å². The maximum Gasteiger partial charge on any atom is 0.355 e. The second-order valence-electron chi connectivity index (χ2n) is 4.78. The molecule has 0 fully saturated rings. The number of esters is 1. The van der Waals surface area contributed by atoms with E-state index in [2.05, 4.69) is 0 Å². The first-order valence-electron chi connectivity index (χ1n) is 6.37. The zero-order valence-corrected chi connectivity index (χ0v) is 13.1. The van der Waals surface area contributed by atoms with Gasteiger partial charge < -0.3 is 9.30 Å². The molecule has 0 aliphatic carbocycles. The number of nitro groups is 1. The fraction of sp³-hybridized carbons (Fsp3) is 0.286. The molecular formula is C14H14N2O5S. The van der Waals surface area contributed by atoms with E-state index in [0.717, 1.165) is 15.8 Å². The van der Waals surface area contributed by atoms with Crippen LogP contribution in [0.15, 0.2) is 18.3 Å². The minimum atomic E-state index is -0.770. The van der Waals surface area contributed by atoms with Crippen molar-refractivity contribution in [3.63, 3.8) is 0 Å². The minimum absolute atomic E-state index is 0.0257. The molecule has 0 aromatic carbocycles. The molecule has 116 valence electrons. The Bertz CT molecular complexity index is 759. The van der Waals surface area contributed by atoms with E-state index in [1.165, 1.54) is 29.1 Å². The quantitative estimate of drug-likeness (QED) is 0.365. The molecule has 2 aromatic rings. The van der Waals surface area contributed by atoms with Gasteiger partial charge in [0.25, 0.3) is 5.69 Å². The molecule has 0 radical (unpaired) electrons. The van der Waals surface area contributed by atoms with Crippen molar-refractivity contribution in [2.24, 2.45) is 7.05 Å². The summed E-state index contributed by atoms with van der Waals surface area (Å²) in [5, 5.41) is 10.7. The lowest BCUT2D eigenvalue weighted by Gasteiger charge is -2.04. The molecular weight excluding hydrogens is 308 g/mol. The van der Waals surface area contributed by atoms with Crippen LogP contribution in [0.3, 0.4) is 0 Å². The number of thiophene rings is 1. The van der Waals surface area contributed by atoms with Crippen molar-refractivity contribution >= 4 is 28.8 Å². The monoisotopic (exact) mass is 322 g/mol. The van der Waals surface area contributed by atoms with E-state index in [4.69, 9.17) is 4.74 Å². The standard InChI is InChI=1S/C14H14N2O5S/c1-8-4-11(9(2)22-8)13(17)7-21-14(18)12-5-10(16(19)20)6-15(12)3/h4-6H,7H2,1-3H3. The van der Waals surface area contributed by atoms with Crippen molar-refractivity contribution in [3.8, 4) is 0 Å². The number of ether oxygens (including phenoxy) is 1. The van der Waals surface area contributed by atoms with E-state index in [9.17, 15) is 19.7 Å². The normalized spacial score (nSPS) is 10.5. The minimum Gasteiger partial charge on any atom is -0.453 e. The summed E-state index contributed by atoms with van der Waals surface area (Å²) in [5.74, 6) is -1.06. The van der Waals surface area contributed by atoms with Crippen LogP contribution >= 0.6 is 11.3 Å². The maximum atomic E-state index is 12.0. The number of rotatable bonds is 5. The van der Waals surface area contributed by atoms with Crippen LogP contribution in [0.5, 0.6) is 0 Å². The maximum absolute atomic E-state index is 12.0. The van der Waals surface area contributed by atoms with Gasteiger partial charge >= 0.3 is 5.97 Å². The predicted octanol–water partition coefficient (Wildman–Crippen LogP) is 2.65. The number of hydrogen-bond acceptors (Lipinski definition) is 6. The van der Waals surface area contributed by atoms with Gasteiger partial charge in [0.2, 0.25) is 5.78 Å². The van der Waals surface area contributed by atoms with E-state index in [-0.39, 0.29) is 17.2 Å². The van der Waals surface area contributed by atoms with Crippen LogP contribution in [-0.2, 0) is 11.8 Å². The summed E-state index contributed by atoms with van der Waals surface area (Å²) in [5.41, 5.74) is 0.357. The van der Waals surface area contributed by atoms with Gasteiger partial charge in [-0.3, -0.25) is 14.9 Å². The lowest BCUT2D eigenvalue weighted by Crippen LogP contribution is -2.16. The van der Waals surface area contributed by atoms with Crippen LogP contribution in [0.4, 0.5) is 5.69 Å². The zero-order chi connectivity index (χ0) is 16.4. The first kappa shape index (κ1) is 15.9. The van der Waals surface area contributed by atoms with Gasteiger partial charge in [-0.2, -0.15) is 0 Å². The molecule has 0 spiro atoms. The Hall–Kier alpha value is -2.48. The van der Waals surface area contributed by atoms with E-state index >= 15 is 0 Å². The third kappa shape index (κ3) is 3.22. The Balaban J connectivity index is 2.05. The topological polar surface area (TPSA) is 91.4 Å². The SMILES string of the molecule is Cc1cc(C(=O)COC(=O)c2cc([N+](=O)[O-])cn2C)c(C)s1. The van der Waals surface area contributed by atoms with E-state index in [0.29, 0.717) is 5.56 Å². The summed E-state index contributed by atoms with van der Waals surface area (Å²) >= 11 is 1.50. The third-order valence-electron chi connectivity index (χ3n) is 3.09. The number of aromatic nitrogens is 1. The molecule has 0 N–H and O–H groups in total. The second-order valence-corrected chi connectivity index (χ2v) is 6.24. The average Bonchev–Trinajstić information content (AvgIpc) is 2.98. The number of ketones is 1. The Morgan fingerprint density at radius 3 is 2.55 bits per heavy atom. The van der Waals surface area contributed by atoms with Crippen molar-refractivity contribution < 1.29 is 19.2 Å². The summed E-state index contributed by atoms with van der Waals surface area (Å²) in [6.45, 7) is 3.33. The lowest BCUT2D eigenvalue weighted by molar-refractivity contribution is -0.384. The van der Waals surface area contributed by atoms with Crippen LogP contribution in [0.1, 0.15) is 30.6 Å². The molecule has 0 aliphatic heterocycles. The Labute approximate surface area is 130 Å². The molecule has 0 aliphatic rings. The van der Waals surface area contributed by atoms with Crippen LogP contribution in [0.25, 0.3) is 0 Å². The number of Topliss-reactive ketones (excluding diaryl/α,β-unsaturated/α-hetero) is 1. The molecule has 22 heavy (non-hydrogen) atoms.